The highest BCUT2D eigenvalue weighted by atomic mass is 16.5. The van der Waals surface area contributed by atoms with E-state index in [2.05, 4.69) is 22.0 Å². The topological polar surface area (TPSA) is 75.4 Å². The van der Waals surface area contributed by atoms with E-state index in [9.17, 15) is 4.79 Å². The molecule has 1 fully saturated rings. The second-order valence-corrected chi connectivity index (χ2v) is 8.67. The zero-order valence-electron chi connectivity index (χ0n) is 19.5. The summed E-state index contributed by atoms with van der Waals surface area (Å²) in [6.45, 7) is 5.04. The molecule has 1 aliphatic rings. The van der Waals surface area contributed by atoms with Crippen LogP contribution < -0.4 is 4.90 Å². The van der Waals surface area contributed by atoms with Gasteiger partial charge >= 0.3 is 0 Å². The van der Waals surface area contributed by atoms with Gasteiger partial charge in [0.05, 0.1) is 6.42 Å². The lowest BCUT2D eigenvalue weighted by atomic mass is 10.1. The third kappa shape index (κ3) is 4.64. The van der Waals surface area contributed by atoms with Crippen LogP contribution in [0, 0.1) is 0 Å². The van der Waals surface area contributed by atoms with E-state index in [-0.39, 0.29) is 5.91 Å². The molecule has 1 amide bonds. The molecule has 1 aliphatic heterocycles. The van der Waals surface area contributed by atoms with E-state index in [0.717, 1.165) is 66.2 Å². The average Bonchev–Trinajstić information content (AvgIpc) is 3.13. The van der Waals surface area contributed by atoms with Crippen LogP contribution in [0.5, 0.6) is 0 Å². The number of amides is 1. The van der Waals surface area contributed by atoms with Crippen LogP contribution in [0.25, 0.3) is 22.4 Å². The molecule has 0 unspecified atom stereocenters. The second kappa shape index (κ2) is 10.0. The van der Waals surface area contributed by atoms with Crippen molar-refractivity contribution in [2.24, 2.45) is 0 Å². The third-order valence-corrected chi connectivity index (χ3v) is 6.23. The minimum absolute atomic E-state index is 0.169. The van der Waals surface area contributed by atoms with E-state index < -0.39 is 0 Å². The Hall–Kier alpha value is -3.74. The van der Waals surface area contributed by atoms with Crippen LogP contribution in [-0.2, 0) is 17.6 Å². The van der Waals surface area contributed by atoms with Gasteiger partial charge in [0, 0.05) is 38.2 Å². The van der Waals surface area contributed by atoms with Gasteiger partial charge in [-0.1, -0.05) is 72.7 Å². The van der Waals surface area contributed by atoms with Crippen molar-refractivity contribution in [2.45, 2.75) is 32.6 Å². The van der Waals surface area contributed by atoms with Crippen LogP contribution in [0.4, 0.5) is 5.82 Å². The second-order valence-electron chi connectivity index (χ2n) is 8.67. The molecule has 0 bridgehead atoms. The maximum absolute atomic E-state index is 13.0. The lowest BCUT2D eigenvalue weighted by molar-refractivity contribution is -0.130. The standard InChI is InChI=1S/C27H29N5O2/c1-2-10-22-28-26(24-25(30-34-27(24)29-22)21-13-7-4-8-14-21)32-16-9-15-31(17-18-32)23(33)19-20-11-5-3-6-12-20/h3-8,11-14H,2,9-10,15-19H2,1H3. The smallest absolute Gasteiger partial charge is 0.263 e. The molecule has 0 spiro atoms. The largest absolute Gasteiger partial charge is 0.354 e. The Kier molecular flexibility index (Phi) is 6.51. The quantitative estimate of drug-likeness (QED) is 0.426. The molecule has 2 aromatic heterocycles. The lowest BCUT2D eigenvalue weighted by Gasteiger charge is -2.24. The molecule has 0 radical (unpaired) electrons. The molecule has 3 heterocycles. The number of nitrogens with zero attached hydrogens (tertiary/aromatic N) is 5. The summed E-state index contributed by atoms with van der Waals surface area (Å²) < 4.78 is 5.69. The van der Waals surface area contributed by atoms with E-state index in [0.29, 0.717) is 25.2 Å². The highest BCUT2D eigenvalue weighted by molar-refractivity contribution is 5.98. The van der Waals surface area contributed by atoms with Crippen LogP contribution in [0.15, 0.2) is 65.2 Å². The summed E-state index contributed by atoms with van der Waals surface area (Å²) in [5.41, 5.74) is 3.31. The molecule has 0 saturated carbocycles. The van der Waals surface area contributed by atoms with E-state index in [4.69, 9.17) is 9.51 Å². The molecule has 7 heteroatoms. The maximum Gasteiger partial charge on any atom is 0.263 e. The summed E-state index contributed by atoms with van der Waals surface area (Å²) in [7, 11) is 0. The minimum Gasteiger partial charge on any atom is -0.354 e. The molecule has 174 valence electrons. The van der Waals surface area contributed by atoms with Gasteiger partial charge in [-0.3, -0.25) is 4.79 Å². The summed E-state index contributed by atoms with van der Waals surface area (Å²) >= 11 is 0. The number of aryl methyl sites for hydroxylation is 1. The minimum atomic E-state index is 0.169. The Morgan fingerprint density at radius 3 is 2.47 bits per heavy atom. The zero-order chi connectivity index (χ0) is 23.3. The van der Waals surface area contributed by atoms with Crippen molar-refractivity contribution >= 4 is 22.8 Å². The van der Waals surface area contributed by atoms with Crippen LogP contribution in [0.1, 0.15) is 31.2 Å². The molecule has 34 heavy (non-hydrogen) atoms. The number of rotatable bonds is 6. The monoisotopic (exact) mass is 455 g/mol. The van der Waals surface area contributed by atoms with Gasteiger partial charge < -0.3 is 14.3 Å². The van der Waals surface area contributed by atoms with Gasteiger partial charge in [0.2, 0.25) is 5.91 Å². The summed E-state index contributed by atoms with van der Waals surface area (Å²) in [6, 6.07) is 19.9. The number of benzene rings is 2. The van der Waals surface area contributed by atoms with Crippen LogP contribution in [-0.4, -0.2) is 52.1 Å². The first-order chi connectivity index (χ1) is 16.7. The van der Waals surface area contributed by atoms with E-state index in [1.807, 2.05) is 65.6 Å². The predicted octanol–water partition coefficient (Wildman–Crippen LogP) is 4.52. The van der Waals surface area contributed by atoms with Crippen LogP contribution in [0.3, 0.4) is 0 Å². The zero-order valence-corrected chi connectivity index (χ0v) is 19.5. The van der Waals surface area contributed by atoms with Crippen molar-refractivity contribution in [3.63, 3.8) is 0 Å². The van der Waals surface area contributed by atoms with Crippen molar-refractivity contribution in [2.75, 3.05) is 31.1 Å². The Morgan fingerprint density at radius 2 is 1.71 bits per heavy atom. The van der Waals surface area contributed by atoms with Gasteiger partial charge in [0.25, 0.3) is 5.71 Å². The fraction of sp³-hybridized carbons (Fsp3) is 0.333. The average molecular weight is 456 g/mol. The first-order valence-electron chi connectivity index (χ1n) is 12.0. The Labute approximate surface area is 199 Å². The van der Waals surface area contributed by atoms with Crippen molar-refractivity contribution in [1.82, 2.24) is 20.0 Å². The SMILES string of the molecule is CCCc1nc(N2CCCN(C(=O)Cc3ccccc3)CC2)c2c(-c3ccccc3)noc2n1. The molecule has 2 aromatic carbocycles. The number of hydrogen-bond acceptors (Lipinski definition) is 6. The van der Waals surface area contributed by atoms with Crippen molar-refractivity contribution in [3.8, 4) is 11.3 Å². The number of fused-ring (bicyclic) bond motifs is 1. The van der Waals surface area contributed by atoms with Crippen molar-refractivity contribution in [3.05, 3.63) is 72.1 Å². The van der Waals surface area contributed by atoms with Crippen molar-refractivity contribution < 1.29 is 9.32 Å². The van der Waals surface area contributed by atoms with Gasteiger partial charge in [0.1, 0.15) is 22.7 Å². The summed E-state index contributed by atoms with van der Waals surface area (Å²) in [5.74, 6) is 1.79. The number of carbonyl (C=O) groups excluding carboxylic acids is 1. The normalized spacial score (nSPS) is 14.4. The first-order valence-corrected chi connectivity index (χ1v) is 12.0. The number of hydrogen-bond donors (Lipinski definition) is 0. The van der Waals surface area contributed by atoms with Crippen molar-refractivity contribution in [1.29, 1.82) is 0 Å². The number of aromatic nitrogens is 3. The molecular weight excluding hydrogens is 426 g/mol. The van der Waals surface area contributed by atoms with Crippen LogP contribution in [0.2, 0.25) is 0 Å². The van der Waals surface area contributed by atoms with Gasteiger partial charge in [-0.2, -0.15) is 4.98 Å². The Balaban J connectivity index is 1.43. The highest BCUT2D eigenvalue weighted by Gasteiger charge is 2.25. The molecular formula is C27H29N5O2. The fourth-order valence-corrected chi connectivity index (χ4v) is 4.50. The summed E-state index contributed by atoms with van der Waals surface area (Å²) in [4.78, 5) is 26.8. The van der Waals surface area contributed by atoms with Gasteiger partial charge in [-0.05, 0) is 18.4 Å². The van der Waals surface area contributed by atoms with E-state index >= 15 is 0 Å². The van der Waals surface area contributed by atoms with E-state index in [1.165, 1.54) is 0 Å². The number of anilines is 1. The molecule has 4 aromatic rings. The Bertz CT molecular complexity index is 1260. The highest BCUT2D eigenvalue weighted by Crippen LogP contribution is 2.34. The van der Waals surface area contributed by atoms with Gasteiger partial charge in [0.15, 0.2) is 0 Å². The molecule has 0 N–H and O–H groups in total. The van der Waals surface area contributed by atoms with E-state index in [1.54, 1.807) is 0 Å². The molecule has 1 saturated heterocycles. The molecule has 5 rings (SSSR count). The predicted molar refractivity (Wildman–Crippen MR) is 133 cm³/mol. The summed E-state index contributed by atoms with van der Waals surface area (Å²) in [5, 5.41) is 5.21. The first kappa shape index (κ1) is 22.1. The third-order valence-electron chi connectivity index (χ3n) is 6.23. The van der Waals surface area contributed by atoms with Gasteiger partial charge in [-0.15, -0.1) is 0 Å². The number of carbonyl (C=O) groups is 1. The lowest BCUT2D eigenvalue weighted by Crippen LogP contribution is -2.36. The summed E-state index contributed by atoms with van der Waals surface area (Å²) in [6.07, 6.45) is 3.04. The molecule has 7 nitrogen and oxygen atoms in total. The Morgan fingerprint density at radius 1 is 0.941 bits per heavy atom. The molecule has 0 atom stereocenters. The maximum atomic E-state index is 13.0. The molecule has 0 aliphatic carbocycles. The van der Waals surface area contributed by atoms with Gasteiger partial charge in [-0.25, -0.2) is 4.98 Å². The fourth-order valence-electron chi connectivity index (χ4n) is 4.50. The van der Waals surface area contributed by atoms with Crippen LogP contribution >= 0.6 is 0 Å².